The minimum Gasteiger partial charge on any atom is -0.506 e. The summed E-state index contributed by atoms with van der Waals surface area (Å²) in [7, 11) is 1.31. The molecule has 2 N–H and O–H groups in total. The molecule has 1 amide bonds. The summed E-state index contributed by atoms with van der Waals surface area (Å²) in [5.41, 5.74) is 3.58. The van der Waals surface area contributed by atoms with E-state index < -0.39 is 5.97 Å². The van der Waals surface area contributed by atoms with E-state index in [9.17, 15) is 14.7 Å². The van der Waals surface area contributed by atoms with Gasteiger partial charge in [0.05, 0.1) is 18.4 Å². The minimum atomic E-state index is -0.500. The highest BCUT2D eigenvalue weighted by molar-refractivity contribution is 6.11. The van der Waals surface area contributed by atoms with Crippen LogP contribution >= 0.6 is 0 Å². The highest BCUT2D eigenvalue weighted by atomic mass is 16.5. The Morgan fingerprint density at radius 2 is 1.94 bits per heavy atom. The van der Waals surface area contributed by atoms with Gasteiger partial charge >= 0.3 is 5.97 Å². The lowest BCUT2D eigenvalue weighted by atomic mass is 10.0. The molecule has 164 valence electrons. The molecule has 2 aromatic heterocycles. The molecule has 0 saturated carbocycles. The maximum Gasteiger partial charge on any atom is 0.339 e. The summed E-state index contributed by atoms with van der Waals surface area (Å²) in [4.78, 5) is 34.1. The molecule has 1 aliphatic heterocycles. The molecule has 7 heteroatoms. The summed E-state index contributed by atoms with van der Waals surface area (Å²) >= 11 is 0. The molecule has 32 heavy (non-hydrogen) atoms. The molecule has 0 atom stereocenters. The molecule has 3 heterocycles. The number of aromatic nitrogens is 2. The van der Waals surface area contributed by atoms with Crippen molar-refractivity contribution in [2.24, 2.45) is 0 Å². The number of hydrogen-bond donors (Lipinski definition) is 2. The van der Waals surface area contributed by atoms with Gasteiger partial charge in [-0.05, 0) is 30.2 Å². The Bertz CT molecular complexity index is 1290. The van der Waals surface area contributed by atoms with Crippen LogP contribution in [0.4, 0.5) is 5.69 Å². The fourth-order valence-corrected chi connectivity index (χ4v) is 3.94. The number of phenols is 1. The van der Waals surface area contributed by atoms with Gasteiger partial charge in [-0.15, -0.1) is 0 Å². The van der Waals surface area contributed by atoms with Crippen molar-refractivity contribution >= 4 is 39.4 Å². The zero-order chi connectivity index (χ0) is 22.8. The lowest BCUT2D eigenvalue weighted by Crippen LogP contribution is -2.29. The second kappa shape index (κ2) is 8.70. The Hall–Kier alpha value is -3.87. The molecule has 0 bridgehead atoms. The van der Waals surface area contributed by atoms with Crippen LogP contribution in [-0.4, -0.2) is 40.6 Å². The summed E-state index contributed by atoms with van der Waals surface area (Å²) in [6, 6.07) is 12.7. The van der Waals surface area contributed by atoms with Crippen molar-refractivity contribution in [1.29, 1.82) is 0 Å². The van der Waals surface area contributed by atoms with Gasteiger partial charge in [0, 0.05) is 35.1 Å². The van der Waals surface area contributed by atoms with Gasteiger partial charge in [-0.25, -0.2) is 4.79 Å². The number of nitrogens with zero attached hydrogens (tertiary/aromatic N) is 2. The van der Waals surface area contributed by atoms with Crippen molar-refractivity contribution in [2.75, 3.05) is 18.6 Å². The summed E-state index contributed by atoms with van der Waals surface area (Å²) in [6.45, 7) is 4.73. The number of rotatable bonds is 2. The Morgan fingerprint density at radius 1 is 1.19 bits per heavy atom. The Balaban J connectivity index is 0.000000775. The van der Waals surface area contributed by atoms with Crippen LogP contribution in [0.15, 0.2) is 48.7 Å². The molecule has 0 unspecified atom stereocenters. The first-order chi connectivity index (χ1) is 15.5. The fraction of sp³-hybridized carbons (Fsp3) is 0.240. The van der Waals surface area contributed by atoms with Gasteiger partial charge in [-0.2, -0.15) is 0 Å². The number of fused-ring (bicyclic) bond motifs is 4. The first-order valence-corrected chi connectivity index (χ1v) is 10.6. The minimum absolute atomic E-state index is 0.0356. The first-order valence-electron chi connectivity index (χ1n) is 10.6. The first kappa shape index (κ1) is 21.4. The molecular formula is C25H25N3O4. The third-order valence-electron chi connectivity index (χ3n) is 5.34. The Labute approximate surface area is 185 Å². The van der Waals surface area contributed by atoms with Crippen molar-refractivity contribution in [3.05, 3.63) is 65.5 Å². The molecule has 0 radical (unpaired) electrons. The Morgan fingerprint density at radius 3 is 2.66 bits per heavy atom. The number of pyridine rings is 1. The maximum atomic E-state index is 13.2. The summed E-state index contributed by atoms with van der Waals surface area (Å²) in [5.74, 6) is -0.706. The van der Waals surface area contributed by atoms with Gasteiger partial charge in [0.25, 0.3) is 5.91 Å². The number of amides is 1. The molecule has 5 rings (SSSR count). The van der Waals surface area contributed by atoms with Crippen LogP contribution in [0.5, 0.6) is 5.75 Å². The number of ether oxygens (including phenoxy) is 1. The number of H-pyrrole nitrogens is 1. The predicted octanol–water partition coefficient (Wildman–Crippen LogP) is 4.83. The number of esters is 1. The number of aromatic hydroxyl groups is 1. The third kappa shape index (κ3) is 3.66. The van der Waals surface area contributed by atoms with Crippen LogP contribution < -0.4 is 4.90 Å². The molecule has 1 aliphatic rings. The van der Waals surface area contributed by atoms with Crippen molar-refractivity contribution < 1.29 is 19.4 Å². The highest BCUT2D eigenvalue weighted by Gasteiger charge is 2.29. The number of carbonyl (C=O) groups is 2. The molecule has 0 aliphatic carbocycles. The number of benzene rings is 2. The number of carbonyl (C=O) groups excluding carboxylic acids is 2. The lowest BCUT2D eigenvalue weighted by molar-refractivity contribution is 0.0600. The molecule has 7 nitrogen and oxygen atoms in total. The summed E-state index contributed by atoms with van der Waals surface area (Å²) < 4.78 is 4.77. The second-order valence-electron chi connectivity index (χ2n) is 7.69. The van der Waals surface area contributed by atoms with E-state index in [2.05, 4.69) is 23.8 Å². The number of phenolic OH excluding ortho intramolecular Hbond substituents is 1. The number of aromatic amines is 1. The van der Waals surface area contributed by atoms with Crippen molar-refractivity contribution in [3.8, 4) is 5.75 Å². The summed E-state index contributed by atoms with van der Waals surface area (Å²) in [5, 5.41) is 12.1. The Kier molecular flexibility index (Phi) is 5.81. The van der Waals surface area contributed by atoms with Gasteiger partial charge in [0.2, 0.25) is 0 Å². The van der Waals surface area contributed by atoms with Crippen molar-refractivity contribution in [2.45, 2.75) is 26.7 Å². The van der Waals surface area contributed by atoms with Gasteiger partial charge in [0.15, 0.2) is 0 Å². The number of anilines is 1. The van der Waals surface area contributed by atoms with Crippen LogP contribution in [0, 0.1) is 0 Å². The number of para-hydroxylation sites is 1. The fourth-order valence-electron chi connectivity index (χ4n) is 3.94. The van der Waals surface area contributed by atoms with Gasteiger partial charge < -0.3 is 19.7 Å². The van der Waals surface area contributed by atoms with E-state index in [1.165, 1.54) is 19.7 Å². The highest BCUT2D eigenvalue weighted by Crippen LogP contribution is 2.39. The third-order valence-corrected chi connectivity index (χ3v) is 5.34. The average molecular weight is 431 g/mol. The molecule has 0 spiro atoms. The zero-order valence-electron chi connectivity index (χ0n) is 18.3. The molecule has 4 aromatic rings. The van der Waals surface area contributed by atoms with E-state index in [0.29, 0.717) is 40.8 Å². The molecule has 0 saturated heterocycles. The van der Waals surface area contributed by atoms with E-state index in [1.54, 1.807) is 17.0 Å². The normalized spacial score (nSPS) is 12.4. The predicted molar refractivity (Wildman–Crippen MR) is 124 cm³/mol. The standard InChI is InChI=1S/C22H17N3O4.C3H8/c1-29-22(28)13-8-15-14-6-7-25(18(14)10-19(26)20(15)23-11-13)21(27)17-9-12-4-2-3-5-16(12)24-17;1-3-2/h2-5,8-11,24,26H,6-7H2,1H3;3H2,1-2H3. The zero-order valence-corrected chi connectivity index (χ0v) is 18.3. The smallest absolute Gasteiger partial charge is 0.339 e. The SMILES string of the molecule is CCC.COC(=O)c1cnc2c(O)cc3c(c2c1)CCN3C(=O)c1cc2ccccc2[nH]1. The number of methoxy groups -OCH3 is 1. The quantitative estimate of drug-likeness (QED) is 0.443. The lowest BCUT2D eigenvalue weighted by Gasteiger charge is -2.17. The van der Waals surface area contributed by atoms with E-state index in [-0.39, 0.29) is 11.7 Å². The van der Waals surface area contributed by atoms with Crippen LogP contribution in [0.1, 0.15) is 46.7 Å². The van der Waals surface area contributed by atoms with Gasteiger partial charge in [-0.3, -0.25) is 9.78 Å². The van der Waals surface area contributed by atoms with E-state index >= 15 is 0 Å². The summed E-state index contributed by atoms with van der Waals surface area (Å²) in [6.07, 6.45) is 3.23. The molecule has 0 fully saturated rings. The van der Waals surface area contributed by atoms with Gasteiger partial charge in [0.1, 0.15) is 17.0 Å². The molecular weight excluding hydrogens is 406 g/mol. The van der Waals surface area contributed by atoms with Crippen molar-refractivity contribution in [3.63, 3.8) is 0 Å². The van der Waals surface area contributed by atoms with Crippen LogP contribution in [-0.2, 0) is 11.2 Å². The maximum absolute atomic E-state index is 13.2. The van der Waals surface area contributed by atoms with Crippen LogP contribution in [0.25, 0.3) is 21.8 Å². The van der Waals surface area contributed by atoms with Crippen molar-refractivity contribution in [1.82, 2.24) is 9.97 Å². The van der Waals surface area contributed by atoms with Gasteiger partial charge in [-0.1, -0.05) is 38.5 Å². The van der Waals surface area contributed by atoms with E-state index in [0.717, 1.165) is 16.5 Å². The second-order valence-corrected chi connectivity index (χ2v) is 7.69. The number of nitrogens with one attached hydrogen (secondary N) is 1. The van der Waals surface area contributed by atoms with E-state index in [1.807, 2.05) is 30.3 Å². The largest absolute Gasteiger partial charge is 0.506 e. The molecule has 2 aromatic carbocycles. The van der Waals surface area contributed by atoms with Crippen LogP contribution in [0.3, 0.4) is 0 Å². The monoisotopic (exact) mass is 431 g/mol. The number of hydrogen-bond acceptors (Lipinski definition) is 5. The average Bonchev–Trinajstić information content (AvgIpc) is 3.43. The topological polar surface area (TPSA) is 95.5 Å². The van der Waals surface area contributed by atoms with E-state index in [4.69, 9.17) is 4.74 Å². The van der Waals surface area contributed by atoms with Crippen LogP contribution in [0.2, 0.25) is 0 Å².